The molecule has 4 aromatic rings. The van der Waals surface area contributed by atoms with E-state index in [2.05, 4.69) is 21.0 Å². The Hall–Kier alpha value is -4.43. The maximum Gasteiger partial charge on any atom is 0.322 e. The third-order valence-electron chi connectivity index (χ3n) is 5.83. The highest BCUT2D eigenvalue weighted by molar-refractivity contribution is 6.30. The van der Waals surface area contributed by atoms with E-state index in [1.54, 1.807) is 54.1 Å². The minimum absolute atomic E-state index is 0.324. The molecule has 1 unspecified atom stereocenters. The van der Waals surface area contributed by atoms with E-state index in [4.69, 9.17) is 11.6 Å². The molecule has 35 heavy (non-hydrogen) atoms. The number of nitrogens with zero attached hydrogens (tertiary/aromatic N) is 2. The third-order valence-corrected chi connectivity index (χ3v) is 6.08. The number of rotatable bonds is 5. The first-order valence-corrected chi connectivity index (χ1v) is 11.2. The van der Waals surface area contributed by atoms with Crippen molar-refractivity contribution >= 4 is 35.1 Å². The molecule has 3 aromatic carbocycles. The molecule has 0 saturated carbocycles. The number of nitrogens with one attached hydrogen (secondary N) is 3. The van der Waals surface area contributed by atoms with E-state index in [0.717, 1.165) is 11.3 Å². The molecule has 1 aromatic heterocycles. The predicted molar refractivity (Wildman–Crippen MR) is 132 cm³/mol. The molecule has 8 nitrogen and oxygen atoms in total. The number of carbonyl (C=O) groups is 3. The van der Waals surface area contributed by atoms with Crippen LogP contribution in [0.4, 0.5) is 10.5 Å². The summed E-state index contributed by atoms with van der Waals surface area (Å²) in [7, 11) is 0. The average Bonchev–Trinajstić information content (AvgIpc) is 3.41. The van der Waals surface area contributed by atoms with Gasteiger partial charge in [0.05, 0.1) is 11.4 Å². The molecule has 2 heterocycles. The summed E-state index contributed by atoms with van der Waals surface area (Å²) in [5.74, 6) is -0.843. The normalized spacial score (nSPS) is 17.1. The van der Waals surface area contributed by atoms with Crippen LogP contribution in [-0.2, 0) is 10.3 Å². The molecule has 174 valence electrons. The number of para-hydroxylation sites is 1. The van der Waals surface area contributed by atoms with Crippen LogP contribution in [0, 0.1) is 0 Å². The van der Waals surface area contributed by atoms with Crippen LogP contribution >= 0.6 is 11.6 Å². The van der Waals surface area contributed by atoms with Gasteiger partial charge in [0.2, 0.25) is 0 Å². The molecule has 0 aliphatic carbocycles. The van der Waals surface area contributed by atoms with Crippen molar-refractivity contribution in [3.05, 3.63) is 101 Å². The number of amides is 4. The van der Waals surface area contributed by atoms with Crippen LogP contribution in [-0.4, -0.2) is 27.6 Å². The summed E-state index contributed by atoms with van der Waals surface area (Å²) >= 11 is 6.02. The molecule has 1 atom stereocenters. The zero-order valence-corrected chi connectivity index (χ0v) is 19.3. The number of hydrogen-bond donors (Lipinski definition) is 3. The van der Waals surface area contributed by atoms with Crippen LogP contribution in [0.15, 0.2) is 84.9 Å². The van der Waals surface area contributed by atoms with E-state index >= 15 is 0 Å². The smallest absolute Gasteiger partial charge is 0.321 e. The van der Waals surface area contributed by atoms with Gasteiger partial charge >= 0.3 is 6.03 Å². The summed E-state index contributed by atoms with van der Waals surface area (Å²) in [6.45, 7) is 1.61. The third kappa shape index (κ3) is 4.27. The van der Waals surface area contributed by atoms with E-state index < -0.39 is 17.5 Å². The van der Waals surface area contributed by atoms with Gasteiger partial charge in [0, 0.05) is 16.3 Å². The van der Waals surface area contributed by atoms with Gasteiger partial charge in [0.25, 0.3) is 11.8 Å². The minimum Gasteiger partial charge on any atom is -0.321 e. The molecular weight excluding hydrogens is 466 g/mol. The molecule has 0 radical (unpaired) electrons. The van der Waals surface area contributed by atoms with Crippen molar-refractivity contribution < 1.29 is 14.4 Å². The van der Waals surface area contributed by atoms with Gasteiger partial charge in [-0.15, -0.1) is 0 Å². The lowest BCUT2D eigenvalue weighted by molar-refractivity contribution is -0.123. The van der Waals surface area contributed by atoms with Crippen molar-refractivity contribution in [1.29, 1.82) is 0 Å². The Morgan fingerprint density at radius 2 is 1.71 bits per heavy atom. The van der Waals surface area contributed by atoms with E-state index in [0.29, 0.717) is 27.7 Å². The fourth-order valence-corrected chi connectivity index (χ4v) is 4.05. The Bertz CT molecular complexity index is 1450. The van der Waals surface area contributed by atoms with Crippen molar-refractivity contribution in [2.75, 3.05) is 5.32 Å². The molecule has 0 spiro atoms. The lowest BCUT2D eigenvalue weighted by atomic mass is 9.92. The first-order chi connectivity index (χ1) is 16.8. The van der Waals surface area contributed by atoms with E-state index in [-0.39, 0.29) is 5.91 Å². The molecule has 0 bridgehead atoms. The van der Waals surface area contributed by atoms with Crippen molar-refractivity contribution in [3.8, 4) is 16.9 Å². The SMILES string of the molecule is CC1(c2cccc(NC(=O)c3cc(-c4ccc(Cl)cc4)nn3-c3ccccc3)c2)NC(=O)NC1=O. The Balaban J connectivity index is 1.49. The summed E-state index contributed by atoms with van der Waals surface area (Å²) in [6, 6.07) is 24.5. The van der Waals surface area contributed by atoms with Gasteiger partial charge in [0.1, 0.15) is 11.2 Å². The van der Waals surface area contributed by atoms with Crippen LogP contribution in [0.2, 0.25) is 5.02 Å². The summed E-state index contributed by atoms with van der Waals surface area (Å²) in [6.07, 6.45) is 0. The summed E-state index contributed by atoms with van der Waals surface area (Å²) in [5, 5.41) is 13.0. The second-order valence-electron chi connectivity index (χ2n) is 8.24. The lowest BCUT2D eigenvalue weighted by Gasteiger charge is -2.21. The summed E-state index contributed by atoms with van der Waals surface area (Å²) in [5.41, 5.74) is 2.26. The fraction of sp³-hybridized carbons (Fsp3) is 0.0769. The Labute approximate surface area is 205 Å². The van der Waals surface area contributed by atoms with Crippen molar-refractivity contribution in [1.82, 2.24) is 20.4 Å². The summed E-state index contributed by atoms with van der Waals surface area (Å²) in [4.78, 5) is 37.4. The Morgan fingerprint density at radius 1 is 0.971 bits per heavy atom. The molecular formula is C26H20ClN5O3. The highest BCUT2D eigenvalue weighted by atomic mass is 35.5. The predicted octanol–water partition coefficient (Wildman–Crippen LogP) is 4.50. The number of benzene rings is 3. The molecule has 1 aliphatic rings. The van der Waals surface area contributed by atoms with E-state index in [1.165, 1.54) is 0 Å². The monoisotopic (exact) mass is 485 g/mol. The van der Waals surface area contributed by atoms with Crippen molar-refractivity contribution in [2.24, 2.45) is 0 Å². The number of urea groups is 1. The van der Waals surface area contributed by atoms with Gasteiger partial charge in [-0.3, -0.25) is 14.9 Å². The van der Waals surface area contributed by atoms with Gasteiger partial charge in [-0.2, -0.15) is 5.10 Å². The van der Waals surface area contributed by atoms with Gasteiger partial charge < -0.3 is 10.6 Å². The number of anilines is 1. The highest BCUT2D eigenvalue weighted by Gasteiger charge is 2.43. The molecule has 3 N–H and O–H groups in total. The number of halogens is 1. The Morgan fingerprint density at radius 3 is 2.40 bits per heavy atom. The van der Waals surface area contributed by atoms with Gasteiger partial charge in [-0.05, 0) is 55.0 Å². The molecule has 1 aliphatic heterocycles. The Kier molecular flexibility index (Phi) is 5.58. The van der Waals surface area contributed by atoms with E-state index in [9.17, 15) is 14.4 Å². The fourth-order valence-electron chi connectivity index (χ4n) is 3.92. The van der Waals surface area contributed by atoms with E-state index in [1.807, 2.05) is 42.5 Å². The molecule has 5 rings (SSSR count). The number of aromatic nitrogens is 2. The largest absolute Gasteiger partial charge is 0.322 e. The van der Waals surface area contributed by atoms with Gasteiger partial charge in [-0.1, -0.05) is 54.1 Å². The second-order valence-corrected chi connectivity index (χ2v) is 8.67. The highest BCUT2D eigenvalue weighted by Crippen LogP contribution is 2.28. The zero-order valence-electron chi connectivity index (χ0n) is 18.6. The molecule has 1 fully saturated rings. The van der Waals surface area contributed by atoms with Crippen LogP contribution in [0.1, 0.15) is 23.0 Å². The summed E-state index contributed by atoms with van der Waals surface area (Å²) < 4.78 is 1.58. The lowest BCUT2D eigenvalue weighted by Crippen LogP contribution is -2.40. The van der Waals surface area contributed by atoms with Gasteiger partial charge in [0.15, 0.2) is 0 Å². The van der Waals surface area contributed by atoms with Crippen molar-refractivity contribution in [3.63, 3.8) is 0 Å². The first kappa shape index (κ1) is 22.4. The number of hydrogen-bond acceptors (Lipinski definition) is 4. The minimum atomic E-state index is -1.23. The average molecular weight is 486 g/mol. The zero-order chi connectivity index (χ0) is 24.6. The number of imide groups is 1. The van der Waals surface area contributed by atoms with Crippen LogP contribution < -0.4 is 16.0 Å². The first-order valence-electron chi connectivity index (χ1n) is 10.8. The van der Waals surface area contributed by atoms with Crippen LogP contribution in [0.3, 0.4) is 0 Å². The van der Waals surface area contributed by atoms with Crippen molar-refractivity contribution in [2.45, 2.75) is 12.5 Å². The second kappa shape index (κ2) is 8.73. The molecule has 9 heteroatoms. The maximum atomic E-state index is 13.4. The van der Waals surface area contributed by atoms with Gasteiger partial charge in [-0.25, -0.2) is 9.48 Å². The molecule has 4 amide bonds. The topological polar surface area (TPSA) is 105 Å². The number of carbonyl (C=O) groups excluding carboxylic acids is 3. The van der Waals surface area contributed by atoms with Crippen LogP contribution in [0.25, 0.3) is 16.9 Å². The quantitative estimate of drug-likeness (QED) is 0.362. The molecule has 1 saturated heterocycles. The standard InChI is InChI=1S/C26H20ClN5O3/c1-26(24(34)29-25(35)30-26)17-6-5-7-19(14-17)28-23(33)22-15-21(16-10-12-18(27)13-11-16)31-32(22)20-8-3-2-4-9-20/h2-15H,1H3,(H,28,33)(H2,29,30,34,35). The van der Waals surface area contributed by atoms with Crippen LogP contribution in [0.5, 0.6) is 0 Å². The maximum absolute atomic E-state index is 13.4.